The van der Waals surface area contributed by atoms with Crippen molar-refractivity contribution in [3.05, 3.63) is 98.2 Å². The number of rotatable bonds is 10. The van der Waals surface area contributed by atoms with Gasteiger partial charge in [-0.15, -0.1) is 10.2 Å². The number of carbonyl (C=O) groups excluding carboxylic acids is 3. The van der Waals surface area contributed by atoms with E-state index in [-0.39, 0.29) is 30.7 Å². The lowest BCUT2D eigenvalue weighted by molar-refractivity contribution is -0.113. The summed E-state index contributed by atoms with van der Waals surface area (Å²) in [5.41, 5.74) is 4.23. The van der Waals surface area contributed by atoms with Crippen molar-refractivity contribution in [3.8, 4) is 5.69 Å². The van der Waals surface area contributed by atoms with Crippen molar-refractivity contribution < 1.29 is 19.1 Å². The number of hydrogen-bond acceptors (Lipinski definition) is 7. The molecule has 3 aromatic carbocycles. The zero-order valence-corrected chi connectivity index (χ0v) is 25.7. The Hall–Kier alpha value is -3.67. The summed E-state index contributed by atoms with van der Waals surface area (Å²) in [5.74, 6) is -0.472. The molecular weight excluding hydrogens is 630 g/mol. The van der Waals surface area contributed by atoms with Crippen LogP contribution in [0.2, 0.25) is 5.02 Å². The van der Waals surface area contributed by atoms with Crippen LogP contribution < -0.4 is 10.6 Å². The number of aromatic nitrogens is 3. The minimum absolute atomic E-state index is 0.0582. The smallest absolute Gasteiger partial charge is 0.338 e. The molecule has 12 heteroatoms. The van der Waals surface area contributed by atoms with Crippen molar-refractivity contribution in [2.75, 3.05) is 17.7 Å². The van der Waals surface area contributed by atoms with E-state index in [2.05, 4.69) is 36.8 Å². The maximum absolute atomic E-state index is 12.9. The summed E-state index contributed by atoms with van der Waals surface area (Å²) >= 11 is 10.8. The van der Waals surface area contributed by atoms with Gasteiger partial charge >= 0.3 is 5.97 Å². The molecule has 2 N–H and O–H groups in total. The van der Waals surface area contributed by atoms with Crippen molar-refractivity contribution in [3.63, 3.8) is 0 Å². The van der Waals surface area contributed by atoms with Gasteiger partial charge < -0.3 is 15.4 Å². The van der Waals surface area contributed by atoms with Crippen LogP contribution in [0.25, 0.3) is 5.69 Å². The second-order valence-corrected chi connectivity index (χ2v) is 11.2. The minimum atomic E-state index is -0.418. The molecule has 0 aliphatic carbocycles. The molecule has 0 saturated heterocycles. The fourth-order valence-electron chi connectivity index (χ4n) is 3.89. The molecule has 0 saturated carbocycles. The standard InChI is InChI=1S/C29H27BrClN5O4S/c1-4-40-28(39)19-8-11-21(12-9-19)33-26(37)16-41-29-35-34-25(36(29)24-7-5-6-17(2)18(24)3)15-32-27(38)22-14-20(30)10-13-23(22)31/h5-14H,4,15-16H2,1-3H3,(H,32,38)(H,33,37). The molecule has 0 atom stereocenters. The van der Waals surface area contributed by atoms with Crippen LogP contribution >= 0.6 is 39.3 Å². The Morgan fingerprint density at radius 2 is 1.80 bits per heavy atom. The van der Waals surface area contributed by atoms with E-state index in [1.54, 1.807) is 49.4 Å². The van der Waals surface area contributed by atoms with Crippen molar-refractivity contribution >= 4 is 62.8 Å². The summed E-state index contributed by atoms with van der Waals surface area (Å²) in [7, 11) is 0. The second kappa shape index (κ2) is 13.8. The molecule has 0 aliphatic rings. The first-order valence-electron chi connectivity index (χ1n) is 12.6. The quantitative estimate of drug-likeness (QED) is 0.156. The lowest BCUT2D eigenvalue weighted by Gasteiger charge is -2.15. The second-order valence-electron chi connectivity index (χ2n) is 8.89. The zero-order valence-electron chi connectivity index (χ0n) is 22.5. The molecule has 0 unspecified atom stereocenters. The number of halogens is 2. The van der Waals surface area contributed by atoms with Crippen LogP contribution in [0.4, 0.5) is 5.69 Å². The Morgan fingerprint density at radius 1 is 1.05 bits per heavy atom. The van der Waals surface area contributed by atoms with E-state index in [4.69, 9.17) is 16.3 Å². The minimum Gasteiger partial charge on any atom is -0.462 e. The highest BCUT2D eigenvalue weighted by atomic mass is 79.9. The fraction of sp³-hybridized carbons (Fsp3) is 0.207. The summed E-state index contributed by atoms with van der Waals surface area (Å²) in [5, 5.41) is 15.2. The highest BCUT2D eigenvalue weighted by Gasteiger charge is 2.20. The molecule has 0 fully saturated rings. The Balaban J connectivity index is 1.50. The SMILES string of the molecule is CCOC(=O)c1ccc(NC(=O)CSc2nnc(CNC(=O)c3cc(Br)ccc3Cl)n2-c2cccc(C)c2C)cc1. The maximum atomic E-state index is 12.9. The molecule has 2 amide bonds. The lowest BCUT2D eigenvalue weighted by Crippen LogP contribution is -2.25. The van der Waals surface area contributed by atoms with Crippen LogP contribution in [0, 0.1) is 13.8 Å². The van der Waals surface area contributed by atoms with Gasteiger partial charge in [-0.1, -0.05) is 51.4 Å². The molecule has 41 heavy (non-hydrogen) atoms. The number of esters is 1. The fourth-order valence-corrected chi connectivity index (χ4v) is 5.21. The monoisotopic (exact) mass is 655 g/mol. The average Bonchev–Trinajstić information content (AvgIpc) is 3.36. The van der Waals surface area contributed by atoms with Crippen LogP contribution in [-0.4, -0.2) is 44.9 Å². The number of hydrogen-bond donors (Lipinski definition) is 2. The van der Waals surface area contributed by atoms with Gasteiger partial charge in [0.25, 0.3) is 5.91 Å². The van der Waals surface area contributed by atoms with Gasteiger partial charge in [-0.2, -0.15) is 0 Å². The summed E-state index contributed by atoms with van der Waals surface area (Å²) in [6.45, 7) is 6.11. The first-order valence-corrected chi connectivity index (χ1v) is 14.8. The van der Waals surface area contributed by atoms with Gasteiger partial charge in [-0.25, -0.2) is 4.79 Å². The van der Waals surface area contributed by atoms with Gasteiger partial charge in [0.2, 0.25) is 5.91 Å². The van der Waals surface area contributed by atoms with Crippen molar-refractivity contribution in [1.29, 1.82) is 0 Å². The van der Waals surface area contributed by atoms with E-state index < -0.39 is 5.97 Å². The average molecular weight is 657 g/mol. The number of aryl methyl sites for hydroxylation is 1. The third kappa shape index (κ3) is 7.55. The van der Waals surface area contributed by atoms with E-state index in [0.717, 1.165) is 21.3 Å². The van der Waals surface area contributed by atoms with Crippen LogP contribution in [0.5, 0.6) is 0 Å². The molecule has 4 rings (SSSR count). The number of nitrogens with zero attached hydrogens (tertiary/aromatic N) is 3. The first kappa shape index (κ1) is 30.3. The van der Waals surface area contributed by atoms with E-state index in [1.165, 1.54) is 11.8 Å². The van der Waals surface area contributed by atoms with Gasteiger partial charge in [-0.05, 0) is 80.4 Å². The third-order valence-corrected chi connectivity index (χ3v) is 7.86. The summed E-state index contributed by atoms with van der Waals surface area (Å²) in [4.78, 5) is 37.5. The van der Waals surface area contributed by atoms with Gasteiger partial charge in [-0.3, -0.25) is 14.2 Å². The number of anilines is 1. The van der Waals surface area contributed by atoms with Gasteiger partial charge in [0.15, 0.2) is 11.0 Å². The molecule has 0 radical (unpaired) electrons. The normalized spacial score (nSPS) is 10.8. The largest absolute Gasteiger partial charge is 0.462 e. The van der Waals surface area contributed by atoms with E-state index in [1.807, 2.05) is 36.6 Å². The summed E-state index contributed by atoms with van der Waals surface area (Å²) in [6.07, 6.45) is 0. The number of thioether (sulfide) groups is 1. The van der Waals surface area contributed by atoms with Crippen LogP contribution in [0.3, 0.4) is 0 Å². The number of nitrogens with one attached hydrogen (secondary N) is 2. The lowest BCUT2D eigenvalue weighted by atomic mass is 10.1. The van der Waals surface area contributed by atoms with E-state index in [9.17, 15) is 14.4 Å². The third-order valence-electron chi connectivity index (χ3n) is 6.11. The Bertz CT molecular complexity index is 1590. The van der Waals surface area contributed by atoms with Crippen LogP contribution in [0.1, 0.15) is 44.6 Å². The first-order chi connectivity index (χ1) is 19.7. The highest BCUT2D eigenvalue weighted by molar-refractivity contribution is 9.10. The molecule has 0 aliphatic heterocycles. The predicted molar refractivity (Wildman–Crippen MR) is 163 cm³/mol. The molecule has 9 nitrogen and oxygen atoms in total. The Kier molecular flexibility index (Phi) is 10.2. The van der Waals surface area contributed by atoms with Gasteiger partial charge in [0.1, 0.15) is 0 Å². The molecule has 1 aromatic heterocycles. The van der Waals surface area contributed by atoms with Crippen molar-refractivity contribution in [1.82, 2.24) is 20.1 Å². The number of amides is 2. The van der Waals surface area contributed by atoms with E-state index >= 15 is 0 Å². The summed E-state index contributed by atoms with van der Waals surface area (Å²) < 4.78 is 7.57. The Morgan fingerprint density at radius 3 is 2.54 bits per heavy atom. The topological polar surface area (TPSA) is 115 Å². The van der Waals surface area contributed by atoms with Crippen LogP contribution in [-0.2, 0) is 16.1 Å². The molecule has 4 aromatic rings. The van der Waals surface area contributed by atoms with E-state index in [0.29, 0.717) is 32.8 Å². The Labute approximate surface area is 255 Å². The maximum Gasteiger partial charge on any atom is 0.338 e. The summed E-state index contributed by atoms with van der Waals surface area (Å²) in [6, 6.07) is 17.4. The molecular formula is C29H27BrClN5O4S. The molecule has 212 valence electrons. The highest BCUT2D eigenvalue weighted by Crippen LogP contribution is 2.27. The predicted octanol–water partition coefficient (Wildman–Crippen LogP) is 6.14. The van der Waals surface area contributed by atoms with Crippen molar-refractivity contribution in [2.45, 2.75) is 32.5 Å². The number of ether oxygens (including phenoxy) is 1. The number of benzene rings is 3. The molecule has 0 spiro atoms. The zero-order chi connectivity index (χ0) is 29.5. The van der Waals surface area contributed by atoms with Crippen molar-refractivity contribution in [2.24, 2.45) is 0 Å². The van der Waals surface area contributed by atoms with Gasteiger partial charge in [0.05, 0.1) is 40.7 Å². The molecule has 1 heterocycles. The molecule has 0 bridgehead atoms. The number of carbonyl (C=O) groups is 3. The van der Waals surface area contributed by atoms with Crippen LogP contribution in [0.15, 0.2) is 70.3 Å². The van der Waals surface area contributed by atoms with Gasteiger partial charge in [0, 0.05) is 10.2 Å².